The van der Waals surface area contributed by atoms with Crippen molar-refractivity contribution in [2.75, 3.05) is 12.4 Å². The molecule has 9 nitrogen and oxygen atoms in total. The lowest BCUT2D eigenvalue weighted by Crippen LogP contribution is -2.21. The molecule has 1 unspecified atom stereocenters. The van der Waals surface area contributed by atoms with E-state index in [1.165, 1.54) is 7.11 Å². The molecule has 5 N–H and O–H groups in total. The highest BCUT2D eigenvalue weighted by atomic mass is 35.5. The van der Waals surface area contributed by atoms with Crippen LogP contribution >= 0.6 is 11.6 Å². The summed E-state index contributed by atoms with van der Waals surface area (Å²) in [4.78, 5) is 23.3. The number of anilines is 1. The van der Waals surface area contributed by atoms with Gasteiger partial charge in [0.2, 0.25) is 6.41 Å². The number of phenolic OH excluding ortho intramolecular Hbond substituents is 4. The van der Waals surface area contributed by atoms with Gasteiger partial charge in [0, 0.05) is 24.1 Å². The summed E-state index contributed by atoms with van der Waals surface area (Å²) in [6.45, 7) is 1.86. The first-order valence-corrected chi connectivity index (χ1v) is 9.35. The van der Waals surface area contributed by atoms with E-state index in [2.05, 4.69) is 5.32 Å². The van der Waals surface area contributed by atoms with Gasteiger partial charge in [-0.15, -0.1) is 0 Å². The van der Waals surface area contributed by atoms with E-state index in [1.807, 2.05) is 6.92 Å². The lowest BCUT2D eigenvalue weighted by Gasteiger charge is -2.21. The molecular weight excluding hydrogens is 418 g/mol. The van der Waals surface area contributed by atoms with Crippen molar-refractivity contribution in [2.45, 2.75) is 32.3 Å². The van der Waals surface area contributed by atoms with Gasteiger partial charge in [0.05, 0.1) is 17.8 Å². The largest absolute Gasteiger partial charge is 0.507 e. The zero-order chi connectivity index (χ0) is 22.4. The normalized spacial score (nSPS) is 11.6. The molecule has 1 atom stereocenters. The molecule has 0 spiro atoms. The Bertz CT molecular complexity index is 947. The van der Waals surface area contributed by atoms with Crippen molar-refractivity contribution in [1.82, 2.24) is 0 Å². The number of hydrogen-bond acceptors (Lipinski definition) is 8. The van der Waals surface area contributed by atoms with Crippen LogP contribution in [0.25, 0.3) is 0 Å². The Morgan fingerprint density at radius 2 is 1.87 bits per heavy atom. The summed E-state index contributed by atoms with van der Waals surface area (Å²) in [7, 11) is 1.29. The Balaban J connectivity index is 2.37. The predicted octanol–water partition coefficient (Wildman–Crippen LogP) is 3.31. The molecule has 0 radical (unpaired) electrons. The highest BCUT2D eigenvalue weighted by molar-refractivity contribution is 6.32. The summed E-state index contributed by atoms with van der Waals surface area (Å²) in [5.41, 5.74) is -0.154. The van der Waals surface area contributed by atoms with Gasteiger partial charge in [-0.1, -0.05) is 24.9 Å². The van der Waals surface area contributed by atoms with Crippen molar-refractivity contribution in [3.8, 4) is 28.7 Å². The number of nitrogens with one attached hydrogen (secondary N) is 1. The van der Waals surface area contributed by atoms with Gasteiger partial charge in [0.1, 0.15) is 28.9 Å². The Morgan fingerprint density at radius 1 is 1.17 bits per heavy atom. The SMILES string of the molecule is CCCC(Cc1c(O)c(NC=O)cc(O)c1OC)OC(=O)c1cc(Cl)c(O)cc1O. The zero-order valence-electron chi connectivity index (χ0n) is 16.3. The number of benzene rings is 2. The quantitative estimate of drug-likeness (QED) is 0.173. The number of aromatic hydroxyl groups is 4. The second-order valence-electron chi connectivity index (χ2n) is 6.41. The van der Waals surface area contributed by atoms with Crippen molar-refractivity contribution >= 4 is 29.7 Å². The summed E-state index contributed by atoms with van der Waals surface area (Å²) in [5.74, 6) is -2.48. The summed E-state index contributed by atoms with van der Waals surface area (Å²) >= 11 is 5.80. The molecule has 0 bridgehead atoms. The molecule has 162 valence electrons. The van der Waals surface area contributed by atoms with E-state index in [-0.39, 0.29) is 51.3 Å². The third kappa shape index (κ3) is 4.98. The van der Waals surface area contributed by atoms with Gasteiger partial charge >= 0.3 is 5.97 Å². The highest BCUT2D eigenvalue weighted by Crippen LogP contribution is 2.43. The fourth-order valence-electron chi connectivity index (χ4n) is 2.97. The second-order valence-corrected chi connectivity index (χ2v) is 6.81. The fraction of sp³-hybridized carbons (Fsp3) is 0.300. The zero-order valence-corrected chi connectivity index (χ0v) is 17.1. The van der Waals surface area contributed by atoms with Crippen LogP contribution in [0.1, 0.15) is 35.7 Å². The van der Waals surface area contributed by atoms with E-state index >= 15 is 0 Å². The third-order valence-corrected chi connectivity index (χ3v) is 4.65. The molecule has 2 rings (SSSR count). The first-order chi connectivity index (χ1) is 14.2. The average molecular weight is 440 g/mol. The molecular formula is C20H22ClNO8. The molecule has 0 aliphatic rings. The van der Waals surface area contributed by atoms with Gasteiger partial charge < -0.3 is 35.2 Å². The summed E-state index contributed by atoms with van der Waals surface area (Å²) in [6, 6.07) is 3.13. The van der Waals surface area contributed by atoms with Crippen LogP contribution in [0.5, 0.6) is 28.7 Å². The van der Waals surface area contributed by atoms with Crippen LogP contribution in [0, 0.1) is 0 Å². The Labute approximate surface area is 177 Å². The van der Waals surface area contributed by atoms with E-state index in [0.29, 0.717) is 19.3 Å². The molecule has 0 saturated carbocycles. The van der Waals surface area contributed by atoms with Crippen molar-refractivity contribution in [3.05, 3.63) is 34.3 Å². The predicted molar refractivity (Wildman–Crippen MR) is 109 cm³/mol. The van der Waals surface area contributed by atoms with Crippen LogP contribution in [-0.2, 0) is 16.0 Å². The maximum Gasteiger partial charge on any atom is 0.342 e. The summed E-state index contributed by atoms with van der Waals surface area (Å²) < 4.78 is 10.6. The molecule has 0 aliphatic carbocycles. The van der Waals surface area contributed by atoms with Crippen LogP contribution in [0.3, 0.4) is 0 Å². The monoisotopic (exact) mass is 439 g/mol. The topological polar surface area (TPSA) is 146 Å². The molecule has 2 aromatic rings. The minimum absolute atomic E-state index is 0.0309. The van der Waals surface area contributed by atoms with Crippen LogP contribution in [0.4, 0.5) is 5.69 Å². The minimum Gasteiger partial charge on any atom is -0.507 e. The second kappa shape index (κ2) is 9.93. The molecule has 0 fully saturated rings. The van der Waals surface area contributed by atoms with Crippen molar-refractivity contribution in [1.29, 1.82) is 0 Å². The molecule has 0 saturated heterocycles. The number of phenols is 4. The Hall–Kier alpha value is -3.33. The number of esters is 1. The van der Waals surface area contributed by atoms with Gasteiger partial charge in [-0.3, -0.25) is 4.79 Å². The van der Waals surface area contributed by atoms with Crippen LogP contribution in [0.2, 0.25) is 5.02 Å². The standard InChI is InChI=1S/C20H22ClNO8/c1-3-4-10(30-20(28)11-6-13(21)16(25)8-15(11)24)5-12-18(27)14(22-9-23)7-17(26)19(12)29-2/h6-10,24-27H,3-5H2,1-2H3,(H,22,23). The van der Waals surface area contributed by atoms with E-state index in [1.54, 1.807) is 0 Å². The molecule has 30 heavy (non-hydrogen) atoms. The number of carbonyl (C=O) groups excluding carboxylic acids is 2. The number of carbonyl (C=O) groups is 2. The molecule has 0 aliphatic heterocycles. The van der Waals surface area contributed by atoms with Crippen LogP contribution < -0.4 is 10.1 Å². The van der Waals surface area contributed by atoms with E-state index in [9.17, 15) is 30.0 Å². The lowest BCUT2D eigenvalue weighted by atomic mass is 10.0. The smallest absolute Gasteiger partial charge is 0.342 e. The number of hydrogen-bond donors (Lipinski definition) is 5. The fourth-order valence-corrected chi connectivity index (χ4v) is 3.13. The average Bonchev–Trinajstić information content (AvgIpc) is 2.68. The number of halogens is 1. The number of rotatable bonds is 9. The van der Waals surface area contributed by atoms with Gasteiger partial charge in [-0.05, 0) is 12.5 Å². The Morgan fingerprint density at radius 3 is 2.47 bits per heavy atom. The van der Waals surface area contributed by atoms with Crippen molar-refractivity contribution < 1.29 is 39.5 Å². The van der Waals surface area contributed by atoms with Crippen LogP contribution in [0.15, 0.2) is 18.2 Å². The molecule has 0 aromatic heterocycles. The first kappa shape index (κ1) is 23.0. The molecule has 1 amide bonds. The van der Waals surface area contributed by atoms with Gasteiger partial charge in [0.15, 0.2) is 11.5 Å². The molecule has 2 aromatic carbocycles. The van der Waals surface area contributed by atoms with Gasteiger partial charge in [-0.2, -0.15) is 0 Å². The minimum atomic E-state index is -0.891. The van der Waals surface area contributed by atoms with E-state index in [4.69, 9.17) is 21.1 Å². The van der Waals surface area contributed by atoms with Gasteiger partial charge in [-0.25, -0.2) is 4.79 Å². The van der Waals surface area contributed by atoms with Crippen molar-refractivity contribution in [2.24, 2.45) is 0 Å². The van der Waals surface area contributed by atoms with Gasteiger partial charge in [0.25, 0.3) is 0 Å². The number of methoxy groups -OCH3 is 1. The van der Waals surface area contributed by atoms with Crippen molar-refractivity contribution in [3.63, 3.8) is 0 Å². The van der Waals surface area contributed by atoms with E-state index in [0.717, 1.165) is 18.2 Å². The number of amides is 1. The molecule has 0 heterocycles. The van der Waals surface area contributed by atoms with Crippen LogP contribution in [-0.4, -0.2) is 46.0 Å². The highest BCUT2D eigenvalue weighted by Gasteiger charge is 2.25. The lowest BCUT2D eigenvalue weighted by molar-refractivity contribution is -0.105. The Kier molecular flexibility index (Phi) is 7.60. The maximum absolute atomic E-state index is 12.6. The maximum atomic E-state index is 12.6. The summed E-state index contributed by atoms with van der Waals surface area (Å²) in [6.07, 6.45) is 0.503. The third-order valence-electron chi connectivity index (χ3n) is 4.35. The number of ether oxygens (including phenoxy) is 2. The molecule has 10 heteroatoms. The van der Waals surface area contributed by atoms with E-state index < -0.39 is 17.8 Å². The summed E-state index contributed by atoms with van der Waals surface area (Å²) in [5, 5.41) is 42.2. The first-order valence-electron chi connectivity index (χ1n) is 8.97.